The zero-order valence-corrected chi connectivity index (χ0v) is 12.2. The maximum Gasteiger partial charge on any atom is 0.124 e. The first-order chi connectivity index (χ1) is 9.47. The van der Waals surface area contributed by atoms with Crippen LogP contribution in [0.15, 0.2) is 36.4 Å². The second kappa shape index (κ2) is 6.25. The van der Waals surface area contributed by atoms with Crippen LogP contribution in [0.5, 0.6) is 5.75 Å². The lowest BCUT2D eigenvalue weighted by atomic mass is 10.1. The average molecular weight is 294 g/mol. The third kappa shape index (κ3) is 3.50. The molecule has 2 N–H and O–H groups in total. The molecule has 20 heavy (non-hydrogen) atoms. The largest absolute Gasteiger partial charge is 0.489 e. The van der Waals surface area contributed by atoms with E-state index in [1.807, 2.05) is 13.8 Å². The van der Waals surface area contributed by atoms with Crippen molar-refractivity contribution >= 4 is 11.6 Å². The molecule has 0 heterocycles. The summed E-state index contributed by atoms with van der Waals surface area (Å²) in [5.41, 5.74) is 8.58. The van der Waals surface area contributed by atoms with Gasteiger partial charge >= 0.3 is 0 Å². The zero-order valence-electron chi connectivity index (χ0n) is 11.5. The van der Waals surface area contributed by atoms with E-state index in [0.717, 1.165) is 16.7 Å². The molecule has 0 aromatic heterocycles. The van der Waals surface area contributed by atoms with Gasteiger partial charge in [0.2, 0.25) is 0 Å². The van der Waals surface area contributed by atoms with E-state index in [-0.39, 0.29) is 11.9 Å². The fraction of sp³-hybridized carbons (Fsp3) is 0.250. The number of halogens is 2. The Bertz CT molecular complexity index is 613. The quantitative estimate of drug-likeness (QED) is 0.907. The topological polar surface area (TPSA) is 35.2 Å². The van der Waals surface area contributed by atoms with E-state index in [9.17, 15) is 4.39 Å². The highest BCUT2D eigenvalue weighted by molar-refractivity contribution is 6.30. The molecule has 0 fully saturated rings. The molecule has 4 heteroatoms. The smallest absolute Gasteiger partial charge is 0.124 e. The number of ether oxygens (including phenoxy) is 1. The standard InChI is InChI=1S/C16H17ClFNO/c1-10-7-14(18)5-3-12(10)9-20-16-6-4-13(17)8-15(16)11(2)19/h3-8,11H,9,19H2,1-2H3/t11-/m0/s1. The van der Waals surface area contributed by atoms with E-state index in [2.05, 4.69) is 0 Å². The fourth-order valence-electron chi connectivity index (χ4n) is 1.98. The van der Waals surface area contributed by atoms with Crippen molar-refractivity contribution in [3.63, 3.8) is 0 Å². The molecule has 2 nitrogen and oxygen atoms in total. The van der Waals surface area contributed by atoms with Crippen LogP contribution in [0.4, 0.5) is 4.39 Å². The zero-order chi connectivity index (χ0) is 14.7. The summed E-state index contributed by atoms with van der Waals surface area (Å²) in [5.74, 6) is 0.460. The van der Waals surface area contributed by atoms with Gasteiger partial charge < -0.3 is 10.5 Å². The molecule has 0 radical (unpaired) electrons. The van der Waals surface area contributed by atoms with Crippen molar-refractivity contribution in [1.29, 1.82) is 0 Å². The lowest BCUT2D eigenvalue weighted by Gasteiger charge is -2.15. The molecular formula is C16H17ClFNO. The van der Waals surface area contributed by atoms with Crippen molar-refractivity contribution in [1.82, 2.24) is 0 Å². The van der Waals surface area contributed by atoms with Crippen LogP contribution in [0.2, 0.25) is 5.02 Å². The van der Waals surface area contributed by atoms with Crippen LogP contribution in [0.1, 0.15) is 29.7 Å². The Labute approximate surface area is 123 Å². The van der Waals surface area contributed by atoms with Crippen LogP contribution >= 0.6 is 11.6 Å². The highest BCUT2D eigenvalue weighted by Crippen LogP contribution is 2.28. The monoisotopic (exact) mass is 293 g/mol. The van der Waals surface area contributed by atoms with Gasteiger partial charge in [-0.1, -0.05) is 17.7 Å². The van der Waals surface area contributed by atoms with Gasteiger partial charge in [0.15, 0.2) is 0 Å². The Morgan fingerprint density at radius 1 is 1.25 bits per heavy atom. The molecule has 0 aliphatic heterocycles. The number of rotatable bonds is 4. The van der Waals surface area contributed by atoms with Crippen LogP contribution in [-0.4, -0.2) is 0 Å². The Kier molecular flexibility index (Phi) is 4.63. The van der Waals surface area contributed by atoms with Gasteiger partial charge in [-0.15, -0.1) is 0 Å². The maximum atomic E-state index is 13.1. The number of hydrogen-bond acceptors (Lipinski definition) is 2. The van der Waals surface area contributed by atoms with Crippen molar-refractivity contribution in [2.75, 3.05) is 0 Å². The Morgan fingerprint density at radius 2 is 2.00 bits per heavy atom. The molecule has 106 valence electrons. The maximum absolute atomic E-state index is 13.1. The molecule has 0 aliphatic carbocycles. The van der Waals surface area contributed by atoms with Gasteiger partial charge in [0.1, 0.15) is 18.2 Å². The minimum absolute atomic E-state index is 0.169. The summed E-state index contributed by atoms with van der Waals surface area (Å²) in [4.78, 5) is 0. The van der Waals surface area contributed by atoms with Gasteiger partial charge in [0.05, 0.1) is 0 Å². The summed E-state index contributed by atoms with van der Waals surface area (Å²) >= 11 is 5.97. The third-order valence-corrected chi connectivity index (χ3v) is 3.39. The molecule has 0 unspecified atom stereocenters. The van der Waals surface area contributed by atoms with Gasteiger partial charge in [-0.25, -0.2) is 4.39 Å². The lowest BCUT2D eigenvalue weighted by Crippen LogP contribution is -2.08. The van der Waals surface area contributed by atoms with E-state index < -0.39 is 0 Å². The highest BCUT2D eigenvalue weighted by atomic mass is 35.5. The highest BCUT2D eigenvalue weighted by Gasteiger charge is 2.10. The minimum atomic E-state index is -0.242. The summed E-state index contributed by atoms with van der Waals surface area (Å²) in [6, 6.07) is 9.86. The van der Waals surface area contributed by atoms with Crippen LogP contribution in [-0.2, 0) is 6.61 Å². The van der Waals surface area contributed by atoms with Crippen LogP contribution in [0.25, 0.3) is 0 Å². The second-order valence-electron chi connectivity index (χ2n) is 4.83. The van der Waals surface area contributed by atoms with Crippen LogP contribution in [0.3, 0.4) is 0 Å². The van der Waals surface area contributed by atoms with Crippen molar-refractivity contribution in [2.45, 2.75) is 26.5 Å². The Balaban J connectivity index is 2.18. The van der Waals surface area contributed by atoms with Crippen molar-refractivity contribution < 1.29 is 9.13 Å². The second-order valence-corrected chi connectivity index (χ2v) is 5.27. The average Bonchev–Trinajstić information content (AvgIpc) is 2.38. The number of nitrogens with two attached hydrogens (primary N) is 1. The number of aryl methyl sites for hydroxylation is 1. The first-order valence-corrected chi connectivity index (χ1v) is 6.78. The van der Waals surface area contributed by atoms with E-state index in [0.29, 0.717) is 17.4 Å². The molecular weight excluding hydrogens is 277 g/mol. The van der Waals surface area contributed by atoms with Crippen LogP contribution in [0, 0.1) is 12.7 Å². The lowest BCUT2D eigenvalue weighted by molar-refractivity contribution is 0.300. The normalized spacial score (nSPS) is 12.2. The molecule has 2 aromatic rings. The SMILES string of the molecule is Cc1cc(F)ccc1COc1ccc(Cl)cc1[C@H](C)N. The van der Waals surface area contributed by atoms with Gasteiger partial charge in [0, 0.05) is 16.6 Å². The molecule has 0 spiro atoms. The first-order valence-electron chi connectivity index (χ1n) is 6.40. The van der Waals surface area contributed by atoms with Crippen molar-refractivity contribution in [2.24, 2.45) is 5.73 Å². The van der Waals surface area contributed by atoms with Gasteiger partial charge in [0.25, 0.3) is 0 Å². The van der Waals surface area contributed by atoms with Gasteiger partial charge in [-0.2, -0.15) is 0 Å². The molecule has 0 amide bonds. The Morgan fingerprint density at radius 3 is 2.65 bits per heavy atom. The first kappa shape index (κ1) is 14.8. The van der Waals surface area contributed by atoms with Crippen molar-refractivity contribution in [3.8, 4) is 5.75 Å². The van der Waals surface area contributed by atoms with E-state index in [4.69, 9.17) is 22.1 Å². The summed E-state index contributed by atoms with van der Waals surface area (Å²) in [6.07, 6.45) is 0. The molecule has 0 bridgehead atoms. The minimum Gasteiger partial charge on any atom is -0.489 e. The molecule has 0 saturated carbocycles. The molecule has 2 rings (SSSR count). The van der Waals surface area contributed by atoms with Gasteiger partial charge in [-0.05, 0) is 55.3 Å². The third-order valence-electron chi connectivity index (χ3n) is 3.15. The Hall–Kier alpha value is -1.58. The summed E-state index contributed by atoms with van der Waals surface area (Å²) in [5, 5.41) is 0.627. The van der Waals surface area contributed by atoms with Crippen LogP contribution < -0.4 is 10.5 Å². The summed E-state index contributed by atoms with van der Waals surface area (Å²) in [7, 11) is 0. The van der Waals surface area contributed by atoms with E-state index in [1.54, 1.807) is 24.3 Å². The fourth-order valence-corrected chi connectivity index (χ4v) is 2.16. The molecule has 2 aromatic carbocycles. The summed E-state index contributed by atoms with van der Waals surface area (Å²) < 4.78 is 18.9. The molecule has 0 aliphatic rings. The molecule has 1 atom stereocenters. The number of benzene rings is 2. The van der Waals surface area contributed by atoms with E-state index in [1.165, 1.54) is 12.1 Å². The van der Waals surface area contributed by atoms with E-state index >= 15 is 0 Å². The molecule has 0 saturated heterocycles. The predicted octanol–water partition coefficient (Wildman–Crippen LogP) is 4.39. The predicted molar refractivity (Wildman–Crippen MR) is 79.5 cm³/mol. The van der Waals surface area contributed by atoms with Gasteiger partial charge in [-0.3, -0.25) is 0 Å². The number of hydrogen-bond donors (Lipinski definition) is 1. The summed E-state index contributed by atoms with van der Waals surface area (Å²) in [6.45, 7) is 4.10. The van der Waals surface area contributed by atoms with Crippen molar-refractivity contribution in [3.05, 3.63) is 63.9 Å².